The van der Waals surface area contributed by atoms with Gasteiger partial charge in [0.05, 0.1) is 0 Å². The Morgan fingerprint density at radius 3 is 1.38 bits per heavy atom. The Bertz CT molecular complexity index is 1020. The van der Waals surface area contributed by atoms with E-state index in [-0.39, 0.29) is 0 Å². The average Bonchev–Trinajstić information content (AvgIpc) is 2.82. The van der Waals surface area contributed by atoms with Gasteiger partial charge in [-0.25, -0.2) is 0 Å². The fourth-order valence-electron chi connectivity index (χ4n) is 4.45. The smallest absolute Gasteiger partial charge is 0.161 e. The molecule has 0 saturated carbocycles. The lowest BCUT2D eigenvalue weighted by Crippen LogP contribution is -2.33. The van der Waals surface area contributed by atoms with Gasteiger partial charge in [-0.1, -0.05) is 52.0 Å². The quantitative estimate of drug-likeness (QED) is 0.465. The molecule has 0 unspecified atom stereocenters. The summed E-state index contributed by atoms with van der Waals surface area (Å²) in [5.41, 5.74) is 7.58. The molecule has 0 saturated heterocycles. The highest BCUT2D eigenvalue weighted by Gasteiger charge is 2.21. The highest BCUT2D eigenvalue weighted by Crippen LogP contribution is 2.34. The molecule has 0 atom stereocenters. The van der Waals surface area contributed by atoms with Crippen LogP contribution in [0.15, 0.2) is 60.7 Å². The predicted molar refractivity (Wildman–Crippen MR) is 131 cm³/mol. The van der Waals surface area contributed by atoms with E-state index in [0.717, 1.165) is 24.6 Å². The molecule has 3 aromatic rings. The molecule has 0 bridgehead atoms. The normalized spacial score (nSPS) is 15.3. The molecule has 0 spiro atoms. The van der Waals surface area contributed by atoms with Gasteiger partial charge < -0.3 is 19.3 Å². The van der Waals surface area contributed by atoms with Gasteiger partial charge in [-0.05, 0) is 59.4 Å². The maximum atomic E-state index is 6.04. The minimum atomic E-state index is 0.517. The largest absolute Gasteiger partial charge is 0.473 e. The second kappa shape index (κ2) is 8.42. The minimum Gasteiger partial charge on any atom is -0.473 e. The van der Waals surface area contributed by atoms with Crippen LogP contribution in [0, 0.1) is 0 Å². The fraction of sp³-hybridized carbons (Fsp3) is 0.357. The molecule has 2 aliphatic heterocycles. The van der Waals surface area contributed by atoms with E-state index in [0.29, 0.717) is 25.3 Å². The van der Waals surface area contributed by atoms with Gasteiger partial charge in [-0.3, -0.25) is 0 Å². The first-order valence-corrected chi connectivity index (χ1v) is 11.6. The monoisotopic (exact) mass is 428 g/mol. The molecule has 2 heterocycles. The van der Waals surface area contributed by atoms with Crippen LogP contribution < -0.4 is 19.3 Å². The molecule has 32 heavy (non-hydrogen) atoms. The molecule has 0 radical (unpaired) electrons. The van der Waals surface area contributed by atoms with Crippen molar-refractivity contribution in [3.8, 4) is 11.5 Å². The first kappa shape index (κ1) is 20.7. The molecule has 4 heteroatoms. The van der Waals surface area contributed by atoms with Crippen LogP contribution in [0.5, 0.6) is 11.5 Å². The molecule has 0 aliphatic carbocycles. The van der Waals surface area contributed by atoms with E-state index in [9.17, 15) is 0 Å². The summed E-state index contributed by atoms with van der Waals surface area (Å²) in [4.78, 5) is 4.57. The molecule has 0 aromatic heterocycles. The average molecular weight is 429 g/mol. The summed E-state index contributed by atoms with van der Waals surface area (Å²) in [5.74, 6) is 3.05. The van der Waals surface area contributed by atoms with Crippen molar-refractivity contribution in [3.63, 3.8) is 0 Å². The highest BCUT2D eigenvalue weighted by molar-refractivity contribution is 5.59. The van der Waals surface area contributed by atoms with Gasteiger partial charge in [0.2, 0.25) is 0 Å². The Kier molecular flexibility index (Phi) is 5.46. The van der Waals surface area contributed by atoms with E-state index < -0.39 is 0 Å². The Balaban J connectivity index is 1.31. The summed E-state index contributed by atoms with van der Waals surface area (Å²) in [6.45, 7) is 11.8. The van der Waals surface area contributed by atoms with Crippen molar-refractivity contribution in [2.75, 3.05) is 23.3 Å². The van der Waals surface area contributed by atoms with E-state index in [1.54, 1.807) is 0 Å². The number of hydrogen-bond donors (Lipinski definition) is 0. The van der Waals surface area contributed by atoms with E-state index in [2.05, 4.69) is 98.2 Å². The molecule has 2 aliphatic rings. The summed E-state index contributed by atoms with van der Waals surface area (Å²) in [5, 5.41) is 0. The fourth-order valence-corrected chi connectivity index (χ4v) is 4.45. The van der Waals surface area contributed by atoms with Crippen molar-refractivity contribution in [1.82, 2.24) is 0 Å². The molecular formula is C28H32N2O2. The summed E-state index contributed by atoms with van der Waals surface area (Å²) in [6.07, 6.45) is 0. The number of fused-ring (bicyclic) bond motifs is 2. The molecular weight excluding hydrogens is 396 g/mol. The number of hydrogen-bond acceptors (Lipinski definition) is 4. The minimum absolute atomic E-state index is 0.517. The molecule has 0 N–H and O–H groups in total. The standard InChI is InChI=1S/C28H32N2O2/c1-19(2)21-5-11-27-23(13-21)15-29(17-31-27)25-7-9-26(10-8-25)30-16-24-14-22(20(3)4)6-12-28(24)32-18-30/h5-14,19-20H,15-18H2,1-4H3. The lowest BCUT2D eigenvalue weighted by Gasteiger charge is -2.33. The molecule has 5 rings (SSSR count). The van der Waals surface area contributed by atoms with E-state index in [1.807, 2.05) is 0 Å². The van der Waals surface area contributed by atoms with Crippen LogP contribution in [0.2, 0.25) is 0 Å². The van der Waals surface area contributed by atoms with Crippen LogP contribution in [0.3, 0.4) is 0 Å². The third-order valence-electron chi connectivity index (χ3n) is 6.56. The van der Waals surface area contributed by atoms with Crippen molar-refractivity contribution in [2.24, 2.45) is 0 Å². The van der Waals surface area contributed by atoms with Crippen LogP contribution in [-0.4, -0.2) is 13.5 Å². The number of anilines is 2. The van der Waals surface area contributed by atoms with Crippen molar-refractivity contribution in [3.05, 3.63) is 82.9 Å². The van der Waals surface area contributed by atoms with Crippen molar-refractivity contribution >= 4 is 11.4 Å². The maximum absolute atomic E-state index is 6.04. The lowest BCUT2D eigenvalue weighted by molar-refractivity contribution is 0.288. The van der Waals surface area contributed by atoms with Crippen molar-refractivity contribution in [2.45, 2.75) is 52.6 Å². The van der Waals surface area contributed by atoms with Gasteiger partial charge in [0, 0.05) is 35.6 Å². The summed E-state index contributed by atoms with van der Waals surface area (Å²) >= 11 is 0. The van der Waals surface area contributed by atoms with Crippen molar-refractivity contribution < 1.29 is 9.47 Å². The first-order chi connectivity index (χ1) is 15.5. The van der Waals surface area contributed by atoms with E-state index in [4.69, 9.17) is 9.47 Å². The Morgan fingerprint density at radius 2 is 1.00 bits per heavy atom. The summed E-state index contributed by atoms with van der Waals surface area (Å²) in [7, 11) is 0. The van der Waals surface area contributed by atoms with Gasteiger partial charge in [0.1, 0.15) is 11.5 Å². The van der Waals surface area contributed by atoms with Gasteiger partial charge in [-0.15, -0.1) is 0 Å². The zero-order chi connectivity index (χ0) is 22.2. The number of ether oxygens (including phenoxy) is 2. The number of rotatable bonds is 4. The van der Waals surface area contributed by atoms with Gasteiger partial charge in [0.25, 0.3) is 0 Å². The number of nitrogens with zero attached hydrogens (tertiary/aromatic N) is 2. The Labute approximate surface area is 191 Å². The Morgan fingerprint density at radius 1 is 0.594 bits per heavy atom. The zero-order valence-corrected chi connectivity index (χ0v) is 19.5. The molecule has 3 aromatic carbocycles. The van der Waals surface area contributed by atoms with Gasteiger partial charge >= 0.3 is 0 Å². The van der Waals surface area contributed by atoms with Gasteiger partial charge in [0.15, 0.2) is 13.5 Å². The molecule has 0 amide bonds. The van der Waals surface area contributed by atoms with Crippen LogP contribution in [0.25, 0.3) is 0 Å². The highest BCUT2D eigenvalue weighted by atomic mass is 16.5. The second-order valence-electron chi connectivity index (χ2n) is 9.50. The van der Waals surface area contributed by atoms with Crippen LogP contribution >= 0.6 is 0 Å². The maximum Gasteiger partial charge on any atom is 0.161 e. The predicted octanol–water partition coefficient (Wildman–Crippen LogP) is 6.65. The van der Waals surface area contributed by atoms with Crippen LogP contribution in [0.1, 0.15) is 61.8 Å². The SMILES string of the molecule is CC(C)c1ccc2c(c1)CN(c1ccc(N3COc4ccc(C(C)C)cc4C3)cc1)CO2. The third-order valence-corrected chi connectivity index (χ3v) is 6.56. The number of benzene rings is 3. The molecule has 166 valence electrons. The van der Waals surface area contributed by atoms with Gasteiger partial charge in [-0.2, -0.15) is 0 Å². The molecule has 0 fully saturated rings. The lowest BCUT2D eigenvalue weighted by atomic mass is 9.99. The third kappa shape index (κ3) is 4.02. The second-order valence-corrected chi connectivity index (χ2v) is 9.50. The Hall–Kier alpha value is -3.14. The van der Waals surface area contributed by atoms with E-state index >= 15 is 0 Å². The summed E-state index contributed by atoms with van der Waals surface area (Å²) in [6, 6.07) is 21.9. The van der Waals surface area contributed by atoms with Crippen LogP contribution in [0.4, 0.5) is 11.4 Å². The topological polar surface area (TPSA) is 24.9 Å². The van der Waals surface area contributed by atoms with Crippen molar-refractivity contribution in [1.29, 1.82) is 0 Å². The molecule has 4 nitrogen and oxygen atoms in total. The first-order valence-electron chi connectivity index (χ1n) is 11.6. The van der Waals surface area contributed by atoms with E-state index in [1.165, 1.54) is 33.6 Å². The van der Waals surface area contributed by atoms with Crippen LogP contribution in [-0.2, 0) is 13.1 Å². The summed E-state index contributed by atoms with van der Waals surface area (Å²) < 4.78 is 12.1. The zero-order valence-electron chi connectivity index (χ0n) is 19.5.